The Labute approximate surface area is 151 Å². The maximum Gasteiger partial charge on any atom is 0.325 e. The summed E-state index contributed by atoms with van der Waals surface area (Å²) in [6.07, 6.45) is 4.64. The van der Waals surface area contributed by atoms with E-state index < -0.39 is 31.3 Å². The number of halogens is 1. The molecule has 7 heteroatoms. The molecule has 2 atom stereocenters. The zero-order chi connectivity index (χ0) is 18.5. The highest BCUT2D eigenvalue weighted by Crippen LogP contribution is 2.42. The monoisotopic (exact) mass is 377 g/mol. The summed E-state index contributed by atoms with van der Waals surface area (Å²) in [4.78, 5) is 24.8. The number of hydrogen-bond donors (Lipinski definition) is 1. The lowest BCUT2D eigenvalue weighted by molar-refractivity contribution is -0.154. The molecule has 1 aliphatic rings. The molecule has 2 unspecified atom stereocenters. The van der Waals surface area contributed by atoms with Gasteiger partial charge in [-0.05, 0) is 32.5 Å². The van der Waals surface area contributed by atoms with E-state index in [1.54, 1.807) is 0 Å². The molecule has 0 aliphatic heterocycles. The van der Waals surface area contributed by atoms with Crippen LogP contribution in [0.2, 0.25) is 19.6 Å². The van der Waals surface area contributed by atoms with E-state index in [1.807, 2.05) is 33.5 Å². The molecule has 24 heavy (non-hydrogen) atoms. The Morgan fingerprint density at radius 3 is 2.17 bits per heavy atom. The number of ether oxygens (including phenoxy) is 1. The first-order valence-electron chi connectivity index (χ1n) is 8.79. The minimum atomic E-state index is -1.97. The SMILES string of the molecule is CC(C)C(Cl)OC(=O)C(N)C1(CC(=O)O[Si](C)(C)C)CCCCC1. The van der Waals surface area contributed by atoms with Crippen molar-refractivity contribution in [3.63, 3.8) is 0 Å². The lowest BCUT2D eigenvalue weighted by Gasteiger charge is -2.40. The molecule has 0 saturated heterocycles. The van der Waals surface area contributed by atoms with Crippen LogP contribution in [-0.2, 0) is 18.8 Å². The highest BCUT2D eigenvalue weighted by atomic mass is 35.5. The molecule has 1 rings (SSSR count). The van der Waals surface area contributed by atoms with Gasteiger partial charge in [0.15, 0.2) is 5.56 Å². The zero-order valence-corrected chi connectivity index (χ0v) is 17.3. The molecular formula is C17H32ClNO4Si. The third-order valence-corrected chi connectivity index (χ3v) is 5.87. The van der Waals surface area contributed by atoms with Crippen LogP contribution in [0, 0.1) is 11.3 Å². The number of esters is 1. The predicted octanol–water partition coefficient (Wildman–Crippen LogP) is 3.80. The number of hydrogen-bond acceptors (Lipinski definition) is 5. The third kappa shape index (κ3) is 6.37. The number of carbonyl (C=O) groups excluding carboxylic acids is 2. The molecular weight excluding hydrogens is 346 g/mol. The molecule has 140 valence electrons. The molecule has 0 aromatic rings. The first-order chi connectivity index (χ1) is 11.0. The molecule has 2 N–H and O–H groups in total. The van der Waals surface area contributed by atoms with Crippen molar-refractivity contribution in [1.29, 1.82) is 0 Å². The van der Waals surface area contributed by atoms with E-state index in [9.17, 15) is 9.59 Å². The molecule has 0 spiro atoms. The first kappa shape index (κ1) is 21.4. The van der Waals surface area contributed by atoms with Crippen molar-refractivity contribution < 1.29 is 18.8 Å². The van der Waals surface area contributed by atoms with E-state index in [0.717, 1.165) is 32.1 Å². The van der Waals surface area contributed by atoms with Gasteiger partial charge in [-0.3, -0.25) is 9.59 Å². The zero-order valence-electron chi connectivity index (χ0n) is 15.6. The van der Waals surface area contributed by atoms with E-state index in [1.165, 1.54) is 0 Å². The summed E-state index contributed by atoms with van der Waals surface area (Å²) in [5.74, 6) is -0.779. The molecule has 0 radical (unpaired) electrons. The number of alkyl halides is 1. The van der Waals surface area contributed by atoms with Crippen LogP contribution in [-0.4, -0.2) is 31.9 Å². The summed E-state index contributed by atoms with van der Waals surface area (Å²) in [6, 6.07) is -0.855. The maximum absolute atomic E-state index is 12.5. The average molecular weight is 378 g/mol. The van der Waals surface area contributed by atoms with Gasteiger partial charge >= 0.3 is 5.97 Å². The highest BCUT2D eigenvalue weighted by molar-refractivity contribution is 6.71. The van der Waals surface area contributed by atoms with Crippen LogP contribution in [0.1, 0.15) is 52.4 Å². The van der Waals surface area contributed by atoms with Crippen LogP contribution < -0.4 is 5.73 Å². The molecule has 0 bridgehead atoms. The van der Waals surface area contributed by atoms with Crippen molar-refractivity contribution >= 4 is 31.9 Å². The fraction of sp³-hybridized carbons (Fsp3) is 0.882. The standard InChI is InChI=1S/C17H32ClNO4Si/c1-12(2)15(18)22-16(21)14(19)17(9-7-6-8-10-17)11-13(20)23-24(3,4)5/h12,14-15H,6-11,19H2,1-5H3. The van der Waals surface area contributed by atoms with Crippen molar-refractivity contribution in [2.45, 2.75) is 83.6 Å². The second kappa shape index (κ2) is 8.67. The van der Waals surface area contributed by atoms with Crippen molar-refractivity contribution in [1.82, 2.24) is 0 Å². The Bertz CT molecular complexity index is 444. The smallest absolute Gasteiger partial charge is 0.325 e. The summed E-state index contributed by atoms with van der Waals surface area (Å²) < 4.78 is 10.9. The molecule has 0 heterocycles. The van der Waals surface area contributed by atoms with E-state index in [2.05, 4.69) is 0 Å². The summed E-state index contributed by atoms with van der Waals surface area (Å²) >= 11 is 6.05. The van der Waals surface area contributed by atoms with E-state index in [0.29, 0.717) is 0 Å². The van der Waals surface area contributed by atoms with Crippen molar-refractivity contribution in [2.75, 3.05) is 0 Å². The first-order valence-corrected chi connectivity index (χ1v) is 12.6. The summed E-state index contributed by atoms with van der Waals surface area (Å²) in [7, 11) is -1.97. The number of nitrogens with two attached hydrogens (primary N) is 1. The fourth-order valence-electron chi connectivity index (χ4n) is 3.09. The summed E-state index contributed by atoms with van der Waals surface area (Å²) in [6.45, 7) is 9.64. The molecule has 0 aromatic carbocycles. The van der Waals surface area contributed by atoms with E-state index in [4.69, 9.17) is 26.5 Å². The Hall–Kier alpha value is -0.593. The Balaban J connectivity index is 2.86. The van der Waals surface area contributed by atoms with Crippen LogP contribution >= 0.6 is 11.6 Å². The van der Waals surface area contributed by atoms with E-state index in [-0.39, 0.29) is 18.3 Å². The van der Waals surface area contributed by atoms with Gasteiger partial charge in [-0.15, -0.1) is 0 Å². The van der Waals surface area contributed by atoms with Crippen molar-refractivity contribution in [3.8, 4) is 0 Å². The van der Waals surface area contributed by atoms with Gasteiger partial charge < -0.3 is 14.9 Å². The van der Waals surface area contributed by atoms with Crippen molar-refractivity contribution in [2.24, 2.45) is 17.1 Å². The van der Waals surface area contributed by atoms with Gasteiger partial charge in [0.1, 0.15) is 6.04 Å². The average Bonchev–Trinajstić information content (AvgIpc) is 2.44. The maximum atomic E-state index is 12.5. The predicted molar refractivity (Wildman–Crippen MR) is 98.1 cm³/mol. The van der Waals surface area contributed by atoms with Gasteiger partial charge in [-0.25, -0.2) is 0 Å². The summed E-state index contributed by atoms with van der Waals surface area (Å²) in [5, 5.41) is 0. The van der Waals surface area contributed by atoms with Gasteiger partial charge in [-0.2, -0.15) is 0 Å². The lowest BCUT2D eigenvalue weighted by Crippen LogP contribution is -2.51. The minimum Gasteiger partial charge on any atom is -0.520 e. The molecule has 5 nitrogen and oxygen atoms in total. The minimum absolute atomic E-state index is 0.00183. The van der Waals surface area contributed by atoms with E-state index >= 15 is 0 Å². The van der Waals surface area contributed by atoms with Crippen LogP contribution in [0.25, 0.3) is 0 Å². The molecule has 0 aromatic heterocycles. The topological polar surface area (TPSA) is 78.6 Å². The number of rotatable bonds is 7. The Morgan fingerprint density at radius 1 is 1.17 bits per heavy atom. The summed E-state index contributed by atoms with van der Waals surface area (Å²) in [5.41, 5.74) is 4.96. The molecule has 1 fully saturated rings. The third-order valence-electron chi connectivity index (χ3n) is 4.43. The van der Waals surface area contributed by atoms with Crippen LogP contribution in [0.15, 0.2) is 0 Å². The van der Waals surface area contributed by atoms with Crippen molar-refractivity contribution in [3.05, 3.63) is 0 Å². The highest BCUT2D eigenvalue weighted by Gasteiger charge is 2.45. The molecule has 1 saturated carbocycles. The fourth-order valence-corrected chi connectivity index (χ4v) is 3.93. The quantitative estimate of drug-likeness (QED) is 0.414. The largest absolute Gasteiger partial charge is 0.520 e. The second-order valence-electron chi connectivity index (χ2n) is 8.20. The van der Waals surface area contributed by atoms with Gasteiger partial charge in [0.2, 0.25) is 8.32 Å². The Kier molecular flexibility index (Phi) is 7.75. The van der Waals surface area contributed by atoms with Gasteiger partial charge in [0, 0.05) is 11.3 Å². The Morgan fingerprint density at radius 2 is 1.71 bits per heavy atom. The van der Waals surface area contributed by atoms with Gasteiger partial charge in [-0.1, -0.05) is 44.7 Å². The number of carbonyl (C=O) groups is 2. The van der Waals surface area contributed by atoms with Crippen LogP contribution in [0.3, 0.4) is 0 Å². The normalized spacial score (nSPS) is 20.3. The molecule has 0 amide bonds. The van der Waals surface area contributed by atoms with Gasteiger partial charge in [0.25, 0.3) is 5.97 Å². The van der Waals surface area contributed by atoms with Crippen LogP contribution in [0.5, 0.6) is 0 Å². The molecule has 1 aliphatic carbocycles. The second-order valence-corrected chi connectivity index (χ2v) is 13.1. The van der Waals surface area contributed by atoms with Gasteiger partial charge in [0.05, 0.1) is 6.42 Å². The lowest BCUT2D eigenvalue weighted by atomic mass is 9.67. The van der Waals surface area contributed by atoms with Crippen LogP contribution in [0.4, 0.5) is 0 Å².